The van der Waals surface area contributed by atoms with Crippen LogP contribution >= 0.6 is 0 Å². The van der Waals surface area contributed by atoms with Crippen molar-refractivity contribution in [3.8, 4) is 0 Å². The molecule has 12 atom stereocenters. The van der Waals surface area contributed by atoms with Gasteiger partial charge >= 0.3 is 0 Å². The molecule has 0 aromatic heterocycles. The van der Waals surface area contributed by atoms with Crippen molar-refractivity contribution in [2.45, 2.75) is 134 Å². The standard InChI is InChI=1S/C48H70N6O14/c1-4-10-43-67-38-18-34-33-14-13-29-17-30(57)15-16-46(29,2)44(33)36(58)19-47(34,3)48(38,68-43)37(59)27-65-28-54-42(63)23-52-40(61)21-50-39(60)22-51-41(62)24-53-45(64)35(26-56)49-20-32(25-55)66-31-11-8-6-5-7-9-12-31/h8,11,15-17,25,31-36,38,43-44,49,56,58H,4-7,9-10,12-14,18-24,26-28H2,1-3H3,(H,50,60)(H,51,62)(H,52,61)(H,53,64)(H,54,63)/b11-8-/t31?,32?,33-,34-,35-,36-,38+,43?,44+,46-,47-,48+/m0/s1. The van der Waals surface area contributed by atoms with E-state index in [9.17, 15) is 48.6 Å². The summed E-state index contributed by atoms with van der Waals surface area (Å²) in [5.74, 6) is -3.97. The van der Waals surface area contributed by atoms with Crippen molar-refractivity contribution in [3.05, 3.63) is 36.0 Å². The molecule has 20 nitrogen and oxygen atoms in total. The van der Waals surface area contributed by atoms with Gasteiger partial charge in [0.1, 0.15) is 31.8 Å². The number of hydrogen-bond donors (Lipinski definition) is 8. The highest BCUT2D eigenvalue weighted by Crippen LogP contribution is 2.69. The van der Waals surface area contributed by atoms with Gasteiger partial charge in [-0.1, -0.05) is 63.8 Å². The highest BCUT2D eigenvalue weighted by Gasteiger charge is 2.75. The van der Waals surface area contributed by atoms with Gasteiger partial charge in [-0.2, -0.15) is 0 Å². The molecule has 6 rings (SSSR count). The summed E-state index contributed by atoms with van der Waals surface area (Å²) in [6, 6.07) is -1.13. The minimum atomic E-state index is -1.38. The van der Waals surface area contributed by atoms with Crippen LogP contribution in [0, 0.1) is 28.6 Å². The van der Waals surface area contributed by atoms with Gasteiger partial charge in [-0.05, 0) is 75.4 Å². The van der Waals surface area contributed by atoms with E-state index in [0.717, 1.165) is 56.9 Å². The second-order valence-corrected chi connectivity index (χ2v) is 19.3. The summed E-state index contributed by atoms with van der Waals surface area (Å²) in [7, 11) is 0. The summed E-state index contributed by atoms with van der Waals surface area (Å²) in [5.41, 5.74) is -1.61. The van der Waals surface area contributed by atoms with Crippen LogP contribution in [0.15, 0.2) is 36.0 Å². The Balaban J connectivity index is 0.873. The lowest BCUT2D eigenvalue weighted by Gasteiger charge is -2.59. The number of ether oxygens (including phenoxy) is 4. The van der Waals surface area contributed by atoms with Gasteiger partial charge in [0, 0.05) is 23.3 Å². The first kappa shape index (κ1) is 52.7. The van der Waals surface area contributed by atoms with Crippen molar-refractivity contribution >= 4 is 47.4 Å². The van der Waals surface area contributed by atoms with Crippen molar-refractivity contribution in [1.82, 2.24) is 31.9 Å². The second kappa shape index (κ2) is 23.7. The molecule has 0 radical (unpaired) electrons. The Morgan fingerprint density at radius 3 is 2.31 bits per heavy atom. The minimum Gasteiger partial charge on any atom is -0.394 e. The largest absolute Gasteiger partial charge is 0.394 e. The molecular formula is C48H70N6O14. The molecule has 1 heterocycles. The monoisotopic (exact) mass is 954 g/mol. The zero-order valence-corrected chi connectivity index (χ0v) is 39.4. The number of aliphatic hydroxyl groups excluding tert-OH is 2. The molecule has 0 aromatic rings. The first-order chi connectivity index (χ1) is 32.6. The fourth-order valence-electron chi connectivity index (χ4n) is 11.6. The van der Waals surface area contributed by atoms with E-state index < -0.39 is 116 Å². The first-order valence-corrected chi connectivity index (χ1v) is 24.1. The SMILES string of the molecule is CCCC1O[C@@H]2C[C@H]3[C@@H]4CCC5=CC(=O)C=C[C@]5(C)[C@H]4[C@@H](O)C[C@]3(C)[C@]2(C(=O)COCNC(=O)CNC(=O)CNC(=O)CNC(=O)CNC(=O)[C@H](CO)NCC(C=O)OC2/C=C\CCCCC2)O1. The number of aldehydes is 1. The zero-order valence-electron chi connectivity index (χ0n) is 39.4. The highest BCUT2D eigenvalue weighted by molar-refractivity contribution is 6.01. The molecule has 20 heteroatoms. The van der Waals surface area contributed by atoms with Crippen LogP contribution in [-0.4, -0.2) is 153 Å². The third-order valence-electron chi connectivity index (χ3n) is 14.9. The Bertz CT molecular complexity index is 1980. The lowest BCUT2D eigenvalue weighted by Crippen LogP contribution is -2.63. The van der Waals surface area contributed by atoms with E-state index in [1.807, 2.05) is 32.1 Å². The molecule has 5 amide bonds. The number of hydrogen-bond acceptors (Lipinski definition) is 15. The summed E-state index contributed by atoms with van der Waals surface area (Å²) >= 11 is 0. The molecule has 376 valence electrons. The van der Waals surface area contributed by atoms with Crippen molar-refractivity contribution in [2.75, 3.05) is 52.7 Å². The van der Waals surface area contributed by atoms with Crippen molar-refractivity contribution in [1.29, 1.82) is 0 Å². The number of nitrogens with one attached hydrogen (secondary N) is 6. The molecule has 1 saturated heterocycles. The van der Waals surface area contributed by atoms with Gasteiger partial charge in [-0.3, -0.25) is 33.6 Å². The number of amides is 5. The molecule has 5 aliphatic carbocycles. The van der Waals surface area contributed by atoms with Crippen molar-refractivity contribution in [2.24, 2.45) is 28.6 Å². The van der Waals surface area contributed by atoms with E-state index in [0.29, 0.717) is 25.5 Å². The average molecular weight is 955 g/mol. The molecule has 8 N–H and O–H groups in total. The maximum Gasteiger partial charge on any atom is 0.241 e. The fourth-order valence-corrected chi connectivity index (χ4v) is 11.6. The van der Waals surface area contributed by atoms with E-state index in [4.69, 9.17) is 18.9 Å². The van der Waals surface area contributed by atoms with Crippen LogP contribution in [-0.2, 0) is 57.3 Å². The van der Waals surface area contributed by atoms with E-state index >= 15 is 0 Å². The minimum absolute atomic E-state index is 0.00676. The molecule has 0 spiro atoms. The fraction of sp³-hybridized carbons (Fsp3) is 0.708. The average Bonchev–Trinajstić information content (AvgIpc) is 3.79. The molecule has 3 saturated carbocycles. The van der Waals surface area contributed by atoms with Crippen LogP contribution < -0.4 is 31.9 Å². The van der Waals surface area contributed by atoms with Crippen LogP contribution in [0.3, 0.4) is 0 Å². The molecule has 4 fully saturated rings. The van der Waals surface area contributed by atoms with Crippen LogP contribution in [0.25, 0.3) is 0 Å². The lowest BCUT2D eigenvalue weighted by molar-refractivity contribution is -0.201. The van der Waals surface area contributed by atoms with Gasteiger partial charge < -0.3 is 65.9 Å². The normalized spacial score (nSPS) is 32.8. The van der Waals surface area contributed by atoms with Gasteiger partial charge in [0.05, 0.1) is 51.1 Å². The molecule has 68 heavy (non-hydrogen) atoms. The van der Waals surface area contributed by atoms with E-state index in [1.54, 1.807) is 12.2 Å². The molecule has 6 aliphatic rings. The number of Topliss-reactive ketones (excluding diaryl/α,β-unsaturated/α-hetero) is 1. The van der Waals surface area contributed by atoms with Gasteiger partial charge in [0.15, 0.2) is 23.5 Å². The molecule has 0 bridgehead atoms. The van der Waals surface area contributed by atoms with E-state index in [2.05, 4.69) is 38.8 Å². The van der Waals surface area contributed by atoms with Gasteiger partial charge in [0.2, 0.25) is 29.5 Å². The molecule has 0 aromatic carbocycles. The number of carbonyl (C=O) groups excluding carboxylic acids is 8. The van der Waals surface area contributed by atoms with Crippen LogP contribution in [0.5, 0.6) is 0 Å². The number of allylic oxidation sites excluding steroid dienone is 5. The van der Waals surface area contributed by atoms with Crippen LogP contribution in [0.4, 0.5) is 0 Å². The maximum absolute atomic E-state index is 14.4. The number of ketones is 2. The Labute approximate surface area is 396 Å². The molecule has 1 aliphatic heterocycles. The summed E-state index contributed by atoms with van der Waals surface area (Å²) in [6.45, 7) is 2.68. The number of fused-ring (bicyclic) bond motifs is 7. The lowest BCUT2D eigenvalue weighted by atomic mass is 9.46. The molecule has 3 unspecified atom stereocenters. The highest BCUT2D eigenvalue weighted by atomic mass is 16.7. The summed E-state index contributed by atoms with van der Waals surface area (Å²) in [5, 5.41) is 36.2. The quantitative estimate of drug-likeness (QED) is 0.0283. The number of carbonyl (C=O) groups is 8. The summed E-state index contributed by atoms with van der Waals surface area (Å²) < 4.78 is 24.6. The predicted octanol–water partition coefficient (Wildman–Crippen LogP) is -0.297. The Morgan fingerprint density at radius 1 is 0.941 bits per heavy atom. The Hall–Kier alpha value is -4.70. The molecular weight excluding hydrogens is 885 g/mol. The topological polar surface area (TPSA) is 286 Å². The zero-order chi connectivity index (χ0) is 49.1. The Kier molecular flexibility index (Phi) is 18.4. The van der Waals surface area contributed by atoms with Crippen LogP contribution in [0.1, 0.15) is 91.4 Å². The van der Waals surface area contributed by atoms with Crippen molar-refractivity contribution in [3.63, 3.8) is 0 Å². The predicted molar refractivity (Wildman–Crippen MR) is 243 cm³/mol. The second-order valence-electron chi connectivity index (χ2n) is 19.3. The number of rotatable bonds is 23. The summed E-state index contributed by atoms with van der Waals surface area (Å²) in [4.78, 5) is 100. The van der Waals surface area contributed by atoms with E-state index in [1.165, 1.54) is 0 Å². The van der Waals surface area contributed by atoms with Crippen LogP contribution in [0.2, 0.25) is 0 Å². The van der Waals surface area contributed by atoms with Gasteiger partial charge in [-0.25, -0.2) is 0 Å². The van der Waals surface area contributed by atoms with Gasteiger partial charge in [-0.15, -0.1) is 0 Å². The Morgan fingerprint density at radius 2 is 1.63 bits per heavy atom. The van der Waals surface area contributed by atoms with Crippen molar-refractivity contribution < 1.29 is 67.5 Å². The number of aliphatic hydroxyl groups is 2. The van der Waals surface area contributed by atoms with E-state index in [-0.39, 0.29) is 48.7 Å². The smallest absolute Gasteiger partial charge is 0.241 e. The van der Waals surface area contributed by atoms with Gasteiger partial charge in [0.25, 0.3) is 0 Å². The third-order valence-corrected chi connectivity index (χ3v) is 14.9. The first-order valence-electron chi connectivity index (χ1n) is 24.1. The maximum atomic E-state index is 14.4. The third kappa shape index (κ3) is 12.0. The summed E-state index contributed by atoms with van der Waals surface area (Å²) in [6.07, 6.45) is 15.4.